The van der Waals surface area contributed by atoms with Crippen LogP contribution < -0.4 is 0 Å². The molecule has 3 heteroatoms. The molecule has 2 aromatic heterocycles. The zero-order valence-corrected chi connectivity index (χ0v) is 30.0. The molecule has 0 spiro atoms. The molecule has 0 saturated carbocycles. The SMILES string of the molecule is c1ccc(-c2cccc(-c3nc(-c4ccc(-c5ccc6c(c5)-c5ccccc5C6(c5ccccc5)c5ccccc5)cc4)cc(-c4cccnc4)n3)c2)cc1. The number of hydrogen-bond acceptors (Lipinski definition) is 3. The lowest BCUT2D eigenvalue weighted by Gasteiger charge is -2.33. The van der Waals surface area contributed by atoms with Crippen molar-refractivity contribution < 1.29 is 0 Å². The van der Waals surface area contributed by atoms with Crippen LogP contribution in [0.3, 0.4) is 0 Å². The van der Waals surface area contributed by atoms with Gasteiger partial charge in [0.2, 0.25) is 0 Å². The fourth-order valence-electron chi connectivity index (χ4n) is 8.32. The predicted octanol–water partition coefficient (Wildman–Crippen LogP) is 12.6. The smallest absolute Gasteiger partial charge is 0.160 e. The zero-order valence-electron chi connectivity index (χ0n) is 30.0. The van der Waals surface area contributed by atoms with Gasteiger partial charge in [-0.25, -0.2) is 9.97 Å². The van der Waals surface area contributed by atoms with Crippen molar-refractivity contribution >= 4 is 0 Å². The second-order valence-corrected chi connectivity index (χ2v) is 14.0. The summed E-state index contributed by atoms with van der Waals surface area (Å²) in [5.41, 5.74) is 16.5. The van der Waals surface area contributed by atoms with Crippen molar-refractivity contribution in [1.29, 1.82) is 0 Å². The summed E-state index contributed by atoms with van der Waals surface area (Å²) in [4.78, 5) is 14.6. The Morgan fingerprint density at radius 3 is 1.56 bits per heavy atom. The van der Waals surface area contributed by atoms with Gasteiger partial charge in [-0.05, 0) is 86.0 Å². The van der Waals surface area contributed by atoms with Crippen molar-refractivity contribution in [1.82, 2.24) is 15.0 Å². The summed E-state index contributed by atoms with van der Waals surface area (Å²) in [6, 6.07) is 71.5. The molecular formula is C52H35N3. The van der Waals surface area contributed by atoms with Crippen LogP contribution in [0.1, 0.15) is 22.3 Å². The van der Waals surface area contributed by atoms with E-state index in [0.717, 1.165) is 44.8 Å². The summed E-state index contributed by atoms with van der Waals surface area (Å²) in [5, 5.41) is 0. The fraction of sp³-hybridized carbons (Fsp3) is 0.0192. The summed E-state index contributed by atoms with van der Waals surface area (Å²) < 4.78 is 0. The maximum Gasteiger partial charge on any atom is 0.160 e. The highest BCUT2D eigenvalue weighted by molar-refractivity contribution is 5.89. The number of rotatable bonds is 7. The Hall–Kier alpha value is -7.23. The number of pyridine rings is 1. The average molecular weight is 702 g/mol. The maximum atomic E-state index is 5.15. The van der Waals surface area contributed by atoms with Crippen LogP contribution in [0.15, 0.2) is 213 Å². The molecular weight excluding hydrogens is 667 g/mol. The predicted molar refractivity (Wildman–Crippen MR) is 224 cm³/mol. The van der Waals surface area contributed by atoms with Gasteiger partial charge < -0.3 is 0 Å². The Kier molecular flexibility index (Phi) is 8.04. The summed E-state index contributed by atoms with van der Waals surface area (Å²) in [5.74, 6) is 0.677. The number of aromatic nitrogens is 3. The Morgan fingerprint density at radius 2 is 0.855 bits per heavy atom. The van der Waals surface area contributed by atoms with Gasteiger partial charge in [0.1, 0.15) is 0 Å². The average Bonchev–Trinajstić information content (AvgIpc) is 3.58. The van der Waals surface area contributed by atoms with Crippen molar-refractivity contribution in [2.24, 2.45) is 0 Å². The second-order valence-electron chi connectivity index (χ2n) is 14.0. The third-order valence-electron chi connectivity index (χ3n) is 10.9. The first-order chi connectivity index (χ1) is 27.3. The molecule has 0 N–H and O–H groups in total. The first-order valence-corrected chi connectivity index (χ1v) is 18.7. The van der Waals surface area contributed by atoms with Gasteiger partial charge in [-0.1, -0.05) is 170 Å². The van der Waals surface area contributed by atoms with E-state index in [-0.39, 0.29) is 0 Å². The molecule has 0 aliphatic heterocycles. The monoisotopic (exact) mass is 701 g/mol. The van der Waals surface area contributed by atoms with Crippen LogP contribution in [0, 0.1) is 0 Å². The van der Waals surface area contributed by atoms with E-state index < -0.39 is 5.41 Å². The van der Waals surface area contributed by atoms with Crippen LogP contribution in [0.25, 0.3) is 67.3 Å². The van der Waals surface area contributed by atoms with Crippen LogP contribution >= 0.6 is 0 Å². The van der Waals surface area contributed by atoms with E-state index in [9.17, 15) is 0 Å². The molecule has 0 saturated heterocycles. The molecule has 1 aliphatic carbocycles. The summed E-state index contributed by atoms with van der Waals surface area (Å²) >= 11 is 0. The summed E-state index contributed by atoms with van der Waals surface area (Å²) in [7, 11) is 0. The van der Waals surface area contributed by atoms with Crippen molar-refractivity contribution in [2.45, 2.75) is 5.41 Å². The number of nitrogens with zero attached hydrogens (tertiary/aromatic N) is 3. The minimum Gasteiger partial charge on any atom is -0.264 e. The van der Waals surface area contributed by atoms with Crippen LogP contribution in [-0.2, 0) is 5.41 Å². The molecule has 0 radical (unpaired) electrons. The third-order valence-corrected chi connectivity index (χ3v) is 10.9. The molecule has 3 nitrogen and oxygen atoms in total. The van der Waals surface area contributed by atoms with E-state index in [1.165, 1.54) is 38.9 Å². The molecule has 258 valence electrons. The molecule has 0 atom stereocenters. The van der Waals surface area contributed by atoms with Gasteiger partial charge in [-0.3, -0.25) is 4.98 Å². The van der Waals surface area contributed by atoms with E-state index in [0.29, 0.717) is 5.82 Å². The molecule has 10 rings (SSSR count). The van der Waals surface area contributed by atoms with Gasteiger partial charge in [-0.2, -0.15) is 0 Å². The number of fused-ring (bicyclic) bond motifs is 3. The minimum atomic E-state index is -0.409. The third kappa shape index (κ3) is 5.65. The highest BCUT2D eigenvalue weighted by Gasteiger charge is 2.45. The first-order valence-electron chi connectivity index (χ1n) is 18.7. The first kappa shape index (κ1) is 32.4. The van der Waals surface area contributed by atoms with Crippen LogP contribution in [0.2, 0.25) is 0 Å². The van der Waals surface area contributed by atoms with Gasteiger partial charge in [0.25, 0.3) is 0 Å². The van der Waals surface area contributed by atoms with E-state index in [2.05, 4.69) is 187 Å². The number of benzene rings is 7. The molecule has 0 unspecified atom stereocenters. The highest BCUT2D eigenvalue weighted by Crippen LogP contribution is 2.56. The Labute approximate surface area is 321 Å². The molecule has 0 fully saturated rings. The molecule has 9 aromatic rings. The standard InChI is InChI=1S/C52H35N3/c1-4-14-36(15-5-1)39-16-12-17-41(32-39)51-54-49(34-50(55-51)42-18-13-31-53-35-42)38-27-25-37(26-28-38)40-29-30-48-46(33-40)45-23-10-11-24-47(45)52(48,43-19-6-2-7-20-43)44-21-8-3-9-22-44/h1-35H. The normalized spacial score (nSPS) is 12.5. The highest BCUT2D eigenvalue weighted by atomic mass is 14.9. The van der Waals surface area contributed by atoms with Crippen molar-refractivity contribution in [2.75, 3.05) is 0 Å². The van der Waals surface area contributed by atoms with E-state index in [4.69, 9.17) is 9.97 Å². The van der Waals surface area contributed by atoms with Crippen molar-refractivity contribution in [3.05, 3.63) is 235 Å². The largest absolute Gasteiger partial charge is 0.264 e. The molecule has 55 heavy (non-hydrogen) atoms. The van der Waals surface area contributed by atoms with E-state index in [1.807, 2.05) is 24.4 Å². The lowest BCUT2D eigenvalue weighted by atomic mass is 9.67. The van der Waals surface area contributed by atoms with Crippen LogP contribution in [0.5, 0.6) is 0 Å². The summed E-state index contributed by atoms with van der Waals surface area (Å²) in [6.07, 6.45) is 3.64. The van der Waals surface area contributed by atoms with Crippen molar-refractivity contribution in [3.8, 4) is 67.3 Å². The quantitative estimate of drug-likeness (QED) is 0.166. The Morgan fingerprint density at radius 1 is 0.327 bits per heavy atom. The lowest BCUT2D eigenvalue weighted by Crippen LogP contribution is -2.28. The Bertz CT molecular complexity index is 2740. The topological polar surface area (TPSA) is 38.7 Å². The fourth-order valence-corrected chi connectivity index (χ4v) is 8.32. The van der Waals surface area contributed by atoms with Crippen LogP contribution in [-0.4, -0.2) is 15.0 Å². The minimum absolute atomic E-state index is 0.409. The second kappa shape index (κ2) is 13.6. The maximum absolute atomic E-state index is 5.15. The zero-order chi connectivity index (χ0) is 36.6. The molecule has 0 bridgehead atoms. The molecule has 1 aliphatic rings. The summed E-state index contributed by atoms with van der Waals surface area (Å²) in [6.45, 7) is 0. The molecule has 7 aromatic carbocycles. The van der Waals surface area contributed by atoms with E-state index in [1.54, 1.807) is 6.20 Å². The van der Waals surface area contributed by atoms with Gasteiger partial charge in [0.15, 0.2) is 5.82 Å². The van der Waals surface area contributed by atoms with E-state index >= 15 is 0 Å². The van der Waals surface area contributed by atoms with Gasteiger partial charge in [0, 0.05) is 29.1 Å². The van der Waals surface area contributed by atoms with Gasteiger partial charge in [0.05, 0.1) is 16.8 Å². The number of hydrogen-bond donors (Lipinski definition) is 0. The van der Waals surface area contributed by atoms with Crippen LogP contribution in [0.4, 0.5) is 0 Å². The molecule has 0 amide bonds. The molecule has 2 heterocycles. The van der Waals surface area contributed by atoms with Gasteiger partial charge >= 0.3 is 0 Å². The van der Waals surface area contributed by atoms with Crippen molar-refractivity contribution in [3.63, 3.8) is 0 Å². The lowest BCUT2D eigenvalue weighted by molar-refractivity contribution is 0.768. The van der Waals surface area contributed by atoms with Gasteiger partial charge in [-0.15, -0.1) is 0 Å². The Balaban J connectivity index is 1.06.